The lowest BCUT2D eigenvalue weighted by Gasteiger charge is -2.26. The molecule has 2 rings (SSSR count). The second kappa shape index (κ2) is 6.17. The van der Waals surface area contributed by atoms with Crippen molar-refractivity contribution >= 4 is 5.91 Å². The largest absolute Gasteiger partial charge is 0.494 e. The first-order chi connectivity index (χ1) is 9.64. The third kappa shape index (κ3) is 2.90. The van der Waals surface area contributed by atoms with E-state index in [1.165, 1.54) is 19.5 Å². The van der Waals surface area contributed by atoms with Crippen LogP contribution < -0.4 is 4.74 Å². The summed E-state index contributed by atoms with van der Waals surface area (Å²) in [6.45, 7) is 3.43. The Bertz CT molecular complexity index is 463. The van der Waals surface area contributed by atoms with Crippen molar-refractivity contribution in [1.82, 2.24) is 14.9 Å². The lowest BCUT2D eigenvalue weighted by atomic mass is 9.83. The summed E-state index contributed by atoms with van der Waals surface area (Å²) < 4.78 is 4.97. The number of ether oxygens (including phenoxy) is 1. The maximum Gasteiger partial charge on any atom is 0.291 e. The van der Waals surface area contributed by atoms with Gasteiger partial charge in [0.05, 0.1) is 26.1 Å². The number of likely N-dealkylation sites (tertiary alicyclic amines) is 1. The quantitative estimate of drug-likeness (QED) is 0.874. The summed E-state index contributed by atoms with van der Waals surface area (Å²) in [5.41, 5.74) is -0.156. The highest BCUT2D eigenvalue weighted by Gasteiger charge is 2.39. The van der Waals surface area contributed by atoms with Crippen molar-refractivity contribution in [3.05, 3.63) is 18.2 Å². The van der Waals surface area contributed by atoms with Gasteiger partial charge in [0.2, 0.25) is 5.82 Å². The molecule has 2 heterocycles. The fourth-order valence-electron chi connectivity index (χ4n) is 2.72. The molecule has 1 unspecified atom stereocenters. The van der Waals surface area contributed by atoms with Crippen LogP contribution in [0.25, 0.3) is 0 Å². The predicted octanol–water partition coefficient (Wildman–Crippen LogP) is 1.11. The van der Waals surface area contributed by atoms with Gasteiger partial charge < -0.3 is 14.7 Å². The number of nitrogens with zero attached hydrogens (tertiary/aromatic N) is 3. The van der Waals surface area contributed by atoms with Crippen LogP contribution in [0.4, 0.5) is 0 Å². The van der Waals surface area contributed by atoms with Crippen molar-refractivity contribution in [1.29, 1.82) is 0 Å². The molecule has 0 bridgehead atoms. The SMILES string of the molecule is CCCC1(CO)CCN(C(=O)c2ncc(OC)cn2)C1. The molecule has 1 aliphatic rings. The number of aliphatic hydroxyl groups excluding tert-OH is 1. The van der Waals surface area contributed by atoms with Crippen LogP contribution in [0.5, 0.6) is 5.75 Å². The zero-order chi connectivity index (χ0) is 14.6. The molecule has 0 saturated carbocycles. The Hall–Kier alpha value is -1.69. The van der Waals surface area contributed by atoms with Crippen LogP contribution in [0.1, 0.15) is 36.8 Å². The molecule has 1 aromatic heterocycles. The van der Waals surface area contributed by atoms with Crippen molar-refractivity contribution in [3.63, 3.8) is 0 Å². The van der Waals surface area contributed by atoms with E-state index in [1.54, 1.807) is 4.90 Å². The highest BCUT2D eigenvalue weighted by molar-refractivity contribution is 5.90. The molecule has 0 aliphatic carbocycles. The fourth-order valence-corrected chi connectivity index (χ4v) is 2.72. The minimum atomic E-state index is -0.181. The molecule has 0 radical (unpaired) electrons. The molecule has 1 fully saturated rings. The van der Waals surface area contributed by atoms with Crippen LogP contribution in [0.15, 0.2) is 12.4 Å². The number of carbonyl (C=O) groups excluding carboxylic acids is 1. The molecule has 1 N–H and O–H groups in total. The van der Waals surface area contributed by atoms with Crippen molar-refractivity contribution < 1.29 is 14.6 Å². The van der Waals surface area contributed by atoms with Gasteiger partial charge in [-0.15, -0.1) is 0 Å². The molecule has 0 aromatic carbocycles. The Morgan fingerprint density at radius 3 is 2.75 bits per heavy atom. The maximum absolute atomic E-state index is 12.3. The zero-order valence-corrected chi connectivity index (χ0v) is 12.0. The van der Waals surface area contributed by atoms with Crippen LogP contribution in [0, 0.1) is 5.41 Å². The average molecular weight is 279 g/mol. The van der Waals surface area contributed by atoms with Gasteiger partial charge in [0.15, 0.2) is 5.75 Å². The molecule has 20 heavy (non-hydrogen) atoms. The molecular formula is C14H21N3O3. The van der Waals surface area contributed by atoms with E-state index in [0.29, 0.717) is 18.8 Å². The third-order valence-electron chi connectivity index (χ3n) is 3.90. The molecule has 110 valence electrons. The summed E-state index contributed by atoms with van der Waals surface area (Å²) in [5.74, 6) is 0.522. The van der Waals surface area contributed by atoms with E-state index in [0.717, 1.165) is 19.3 Å². The first-order valence-electron chi connectivity index (χ1n) is 6.90. The molecule has 1 saturated heterocycles. The van der Waals surface area contributed by atoms with Gasteiger partial charge in [-0.05, 0) is 12.8 Å². The van der Waals surface area contributed by atoms with Crippen molar-refractivity contribution in [2.24, 2.45) is 5.41 Å². The average Bonchev–Trinajstić information content (AvgIpc) is 2.92. The van der Waals surface area contributed by atoms with Gasteiger partial charge in [0, 0.05) is 18.5 Å². The van der Waals surface area contributed by atoms with Crippen LogP contribution >= 0.6 is 0 Å². The fraction of sp³-hybridized carbons (Fsp3) is 0.643. The van der Waals surface area contributed by atoms with E-state index >= 15 is 0 Å². The maximum atomic E-state index is 12.3. The Morgan fingerprint density at radius 1 is 1.50 bits per heavy atom. The minimum absolute atomic E-state index is 0.119. The number of hydrogen-bond acceptors (Lipinski definition) is 5. The van der Waals surface area contributed by atoms with Crippen LogP contribution in [-0.2, 0) is 0 Å². The molecular weight excluding hydrogens is 258 g/mol. The van der Waals surface area contributed by atoms with E-state index < -0.39 is 0 Å². The molecule has 1 amide bonds. The zero-order valence-electron chi connectivity index (χ0n) is 12.0. The lowest BCUT2D eigenvalue weighted by molar-refractivity contribution is 0.0718. The molecule has 0 spiro atoms. The Kier molecular flexibility index (Phi) is 4.54. The van der Waals surface area contributed by atoms with Crippen molar-refractivity contribution in [3.8, 4) is 5.75 Å². The number of amides is 1. The van der Waals surface area contributed by atoms with Gasteiger partial charge in [-0.3, -0.25) is 4.79 Å². The van der Waals surface area contributed by atoms with Gasteiger partial charge in [-0.1, -0.05) is 13.3 Å². The number of aromatic nitrogens is 2. The third-order valence-corrected chi connectivity index (χ3v) is 3.90. The lowest BCUT2D eigenvalue weighted by Crippen LogP contribution is -2.34. The Morgan fingerprint density at radius 2 is 2.20 bits per heavy atom. The highest BCUT2D eigenvalue weighted by Crippen LogP contribution is 2.35. The summed E-state index contributed by atoms with van der Waals surface area (Å²) >= 11 is 0. The number of methoxy groups -OCH3 is 1. The molecule has 6 nitrogen and oxygen atoms in total. The van der Waals surface area contributed by atoms with Gasteiger partial charge in [0.25, 0.3) is 5.91 Å². The monoisotopic (exact) mass is 279 g/mol. The molecule has 6 heteroatoms. The van der Waals surface area contributed by atoms with Gasteiger partial charge in [0.1, 0.15) is 0 Å². The smallest absolute Gasteiger partial charge is 0.291 e. The second-order valence-corrected chi connectivity index (χ2v) is 5.33. The standard InChI is InChI=1S/C14H21N3O3/c1-3-4-14(10-18)5-6-17(9-14)13(19)12-15-7-11(20-2)8-16-12/h7-8,18H,3-6,9-10H2,1-2H3. The molecule has 1 atom stereocenters. The summed E-state index contributed by atoms with van der Waals surface area (Å²) in [6, 6.07) is 0. The summed E-state index contributed by atoms with van der Waals surface area (Å²) in [7, 11) is 1.53. The number of carbonyl (C=O) groups is 1. The van der Waals surface area contributed by atoms with E-state index in [4.69, 9.17) is 4.74 Å². The first-order valence-corrected chi connectivity index (χ1v) is 6.90. The van der Waals surface area contributed by atoms with E-state index in [9.17, 15) is 9.90 Å². The normalized spacial score (nSPS) is 22.1. The van der Waals surface area contributed by atoms with Crippen LogP contribution in [-0.4, -0.2) is 52.7 Å². The Balaban J connectivity index is 2.06. The topological polar surface area (TPSA) is 75.5 Å². The van der Waals surface area contributed by atoms with E-state index in [2.05, 4.69) is 16.9 Å². The highest BCUT2D eigenvalue weighted by atomic mass is 16.5. The number of rotatable bonds is 5. The predicted molar refractivity (Wildman–Crippen MR) is 73.5 cm³/mol. The minimum Gasteiger partial charge on any atom is -0.494 e. The van der Waals surface area contributed by atoms with E-state index in [-0.39, 0.29) is 23.8 Å². The van der Waals surface area contributed by atoms with Gasteiger partial charge in [-0.2, -0.15) is 0 Å². The van der Waals surface area contributed by atoms with E-state index in [1.807, 2.05) is 0 Å². The first kappa shape index (κ1) is 14.7. The molecule has 1 aliphatic heterocycles. The summed E-state index contributed by atoms with van der Waals surface area (Å²) in [6.07, 6.45) is 5.74. The second-order valence-electron chi connectivity index (χ2n) is 5.33. The number of hydrogen-bond donors (Lipinski definition) is 1. The van der Waals surface area contributed by atoms with Crippen molar-refractivity contribution in [2.45, 2.75) is 26.2 Å². The van der Waals surface area contributed by atoms with Crippen LogP contribution in [0.3, 0.4) is 0 Å². The summed E-state index contributed by atoms with van der Waals surface area (Å²) in [5, 5.41) is 9.60. The summed E-state index contributed by atoms with van der Waals surface area (Å²) in [4.78, 5) is 22.1. The van der Waals surface area contributed by atoms with Gasteiger partial charge in [-0.25, -0.2) is 9.97 Å². The van der Waals surface area contributed by atoms with Crippen molar-refractivity contribution in [2.75, 3.05) is 26.8 Å². The number of aliphatic hydroxyl groups is 1. The van der Waals surface area contributed by atoms with Crippen LogP contribution in [0.2, 0.25) is 0 Å². The Labute approximate surface area is 118 Å². The van der Waals surface area contributed by atoms with Gasteiger partial charge >= 0.3 is 0 Å². The molecule has 1 aromatic rings.